The van der Waals surface area contributed by atoms with Gasteiger partial charge in [0.25, 0.3) is 0 Å². The van der Waals surface area contributed by atoms with Crippen LogP contribution in [0, 0.1) is 83.1 Å². The van der Waals surface area contributed by atoms with E-state index in [0.717, 1.165) is 55.6 Å². The normalized spacial score (nSPS) is 11.7. The SMILES string of the molecule is Cc1cc(-c2cc(C)c(O)c(C)c2)cc(C)c1O.Cc1cc(CCC(=O)OCCOC(=O)CC(COC(=O)CC(COC(=O)CCc2cc(C)c(O)c(C)c2)c2cc(C)c(O)c(C)c2)c2cc(C)c(O)c(C)c2)cc(C)c1O. The molecular weight excluding hydrogens is 993 g/mol. The third-order valence-corrected chi connectivity index (χ3v) is 13.9. The molecule has 0 aromatic heterocycles. The van der Waals surface area contributed by atoms with Gasteiger partial charge in [-0.3, -0.25) is 19.2 Å². The Labute approximate surface area is 458 Å². The molecule has 0 spiro atoms. The lowest BCUT2D eigenvalue weighted by Gasteiger charge is -2.21. The highest BCUT2D eigenvalue weighted by Gasteiger charge is 2.25. The van der Waals surface area contributed by atoms with Crippen LogP contribution in [0.1, 0.15) is 127 Å². The van der Waals surface area contributed by atoms with Crippen LogP contribution >= 0.6 is 0 Å². The fourth-order valence-corrected chi connectivity index (χ4v) is 9.48. The minimum absolute atomic E-state index is 0.0840. The number of esters is 4. The largest absolute Gasteiger partial charge is 0.507 e. The molecule has 2 atom stereocenters. The van der Waals surface area contributed by atoms with E-state index in [0.29, 0.717) is 68.8 Å². The molecule has 0 heterocycles. The van der Waals surface area contributed by atoms with E-state index >= 15 is 0 Å². The first-order valence-corrected chi connectivity index (χ1v) is 26.1. The lowest BCUT2D eigenvalue weighted by molar-refractivity contribution is -0.153. The molecule has 0 bridgehead atoms. The molecular formula is C64H76O14. The highest BCUT2D eigenvalue weighted by molar-refractivity contribution is 5.74. The molecule has 6 aromatic rings. The average molecular weight is 1070 g/mol. The summed E-state index contributed by atoms with van der Waals surface area (Å²) in [5, 5.41) is 60.5. The van der Waals surface area contributed by atoms with Crippen LogP contribution in [0.4, 0.5) is 0 Å². The van der Waals surface area contributed by atoms with Crippen LogP contribution in [0.5, 0.6) is 34.5 Å². The fraction of sp³-hybridized carbons (Fsp3) is 0.375. The molecule has 0 aliphatic rings. The Morgan fingerprint density at radius 1 is 0.333 bits per heavy atom. The third-order valence-electron chi connectivity index (χ3n) is 13.9. The summed E-state index contributed by atoms with van der Waals surface area (Å²) in [7, 11) is 0. The zero-order valence-electron chi connectivity index (χ0n) is 47.1. The van der Waals surface area contributed by atoms with Gasteiger partial charge in [0.1, 0.15) is 47.7 Å². The number of hydrogen-bond donors (Lipinski definition) is 6. The van der Waals surface area contributed by atoms with Crippen molar-refractivity contribution in [2.75, 3.05) is 26.4 Å². The number of rotatable bonds is 20. The Hall–Kier alpha value is -8.00. The maximum atomic E-state index is 13.5. The van der Waals surface area contributed by atoms with E-state index in [-0.39, 0.29) is 75.1 Å². The summed E-state index contributed by atoms with van der Waals surface area (Å²) in [6.07, 6.45) is 0.671. The van der Waals surface area contributed by atoms with Crippen LogP contribution in [0.3, 0.4) is 0 Å². The van der Waals surface area contributed by atoms with Crippen molar-refractivity contribution in [3.63, 3.8) is 0 Å². The van der Waals surface area contributed by atoms with E-state index in [9.17, 15) is 49.8 Å². The van der Waals surface area contributed by atoms with Crippen LogP contribution in [0.2, 0.25) is 0 Å². The van der Waals surface area contributed by atoms with Gasteiger partial charge in [-0.15, -0.1) is 0 Å². The fourth-order valence-electron chi connectivity index (χ4n) is 9.48. The van der Waals surface area contributed by atoms with Gasteiger partial charge in [-0.25, -0.2) is 0 Å². The zero-order valence-corrected chi connectivity index (χ0v) is 47.1. The summed E-state index contributed by atoms with van der Waals surface area (Å²) < 4.78 is 22.1. The number of aryl methyl sites for hydroxylation is 14. The molecule has 0 amide bonds. The Morgan fingerprint density at radius 2 is 0.564 bits per heavy atom. The highest BCUT2D eigenvalue weighted by atomic mass is 16.6. The van der Waals surface area contributed by atoms with Crippen LogP contribution in [-0.4, -0.2) is 80.9 Å². The molecule has 0 radical (unpaired) electrons. The lowest BCUT2D eigenvalue weighted by atomic mass is 9.92. The molecule has 6 N–H and O–H groups in total. The number of aromatic hydroxyl groups is 6. The predicted molar refractivity (Wildman–Crippen MR) is 300 cm³/mol. The van der Waals surface area contributed by atoms with Gasteiger partial charge in [0, 0.05) is 24.7 Å². The topological polar surface area (TPSA) is 227 Å². The Kier molecular flexibility index (Phi) is 21.3. The second-order valence-corrected chi connectivity index (χ2v) is 20.7. The smallest absolute Gasteiger partial charge is 0.306 e. The van der Waals surface area contributed by atoms with E-state index < -0.39 is 35.7 Å². The van der Waals surface area contributed by atoms with Gasteiger partial charge in [0.15, 0.2) is 0 Å². The molecule has 0 aliphatic heterocycles. The van der Waals surface area contributed by atoms with E-state index in [1.54, 1.807) is 79.7 Å². The predicted octanol–water partition coefficient (Wildman–Crippen LogP) is 12.1. The van der Waals surface area contributed by atoms with Gasteiger partial charge in [-0.1, -0.05) is 48.5 Å². The van der Waals surface area contributed by atoms with Gasteiger partial charge >= 0.3 is 23.9 Å². The summed E-state index contributed by atoms with van der Waals surface area (Å²) in [6.45, 7) is 21.0. The molecule has 78 heavy (non-hydrogen) atoms. The van der Waals surface area contributed by atoms with Crippen LogP contribution in [-0.2, 0) is 51.0 Å². The summed E-state index contributed by atoms with van der Waals surface area (Å²) in [4.78, 5) is 51.9. The summed E-state index contributed by atoms with van der Waals surface area (Å²) >= 11 is 0. The summed E-state index contributed by atoms with van der Waals surface area (Å²) in [5.41, 5.74) is 13.9. The standard InChI is InChI=1S/C48H58O12.C16H18O2/c1-27-15-35(16-28(2)45(27)53)9-11-41(49)57-13-14-58-43(51)23-39(37-19-31(5)47(55)32(6)20-37)26-60-44(52)24-40(38-21-33(7)48(56)34(8)22-38)25-59-42(50)12-10-36-17-29(3)46(54)30(4)18-36;1-9-5-13(6-10(2)15(9)17)14-7-11(3)16(18)12(4)8-14/h15-22,39-40,53-56H,9-14,23-26H2,1-8H3;5-8,17-18H,1-4H3. The van der Waals surface area contributed by atoms with Crippen molar-refractivity contribution in [3.05, 3.63) is 162 Å². The molecule has 2 unspecified atom stereocenters. The van der Waals surface area contributed by atoms with Crippen molar-refractivity contribution in [3.8, 4) is 45.6 Å². The number of phenols is 6. The first-order chi connectivity index (χ1) is 36.7. The molecule has 0 aliphatic carbocycles. The molecule has 6 aromatic carbocycles. The van der Waals surface area contributed by atoms with Crippen LogP contribution < -0.4 is 0 Å². The molecule has 14 heteroatoms. The zero-order chi connectivity index (χ0) is 57.7. The lowest BCUT2D eigenvalue weighted by Crippen LogP contribution is -2.22. The monoisotopic (exact) mass is 1070 g/mol. The van der Waals surface area contributed by atoms with E-state index in [1.807, 2.05) is 76.2 Å². The third kappa shape index (κ3) is 16.7. The molecule has 0 saturated heterocycles. The average Bonchev–Trinajstić information content (AvgIpc) is 3.38. The van der Waals surface area contributed by atoms with Crippen molar-refractivity contribution in [1.29, 1.82) is 0 Å². The Morgan fingerprint density at radius 3 is 0.872 bits per heavy atom. The highest BCUT2D eigenvalue weighted by Crippen LogP contribution is 2.35. The van der Waals surface area contributed by atoms with Gasteiger partial charge in [0.05, 0.1) is 26.1 Å². The van der Waals surface area contributed by atoms with Crippen LogP contribution in [0.25, 0.3) is 11.1 Å². The van der Waals surface area contributed by atoms with E-state index in [1.165, 1.54) is 0 Å². The van der Waals surface area contributed by atoms with Crippen molar-refractivity contribution in [2.24, 2.45) is 0 Å². The molecule has 416 valence electrons. The van der Waals surface area contributed by atoms with Crippen molar-refractivity contribution in [1.82, 2.24) is 0 Å². The first-order valence-electron chi connectivity index (χ1n) is 26.1. The maximum absolute atomic E-state index is 13.5. The molecule has 14 nitrogen and oxygen atoms in total. The minimum atomic E-state index is -0.652. The van der Waals surface area contributed by atoms with E-state index in [2.05, 4.69) is 0 Å². The van der Waals surface area contributed by atoms with Gasteiger partial charge in [-0.05, 0) is 220 Å². The summed E-state index contributed by atoms with van der Waals surface area (Å²) in [5.74, 6) is -2.02. The van der Waals surface area contributed by atoms with Gasteiger partial charge < -0.3 is 49.6 Å². The summed E-state index contributed by atoms with van der Waals surface area (Å²) in [6, 6.07) is 22.1. The number of carbonyl (C=O) groups excluding carboxylic acids is 4. The van der Waals surface area contributed by atoms with Crippen molar-refractivity contribution >= 4 is 23.9 Å². The molecule has 0 fully saturated rings. The minimum Gasteiger partial charge on any atom is -0.507 e. The number of ether oxygens (including phenoxy) is 4. The number of hydrogen-bond acceptors (Lipinski definition) is 14. The second-order valence-electron chi connectivity index (χ2n) is 20.7. The Bertz CT molecular complexity index is 2970. The Balaban J connectivity index is 0.000000522. The number of carbonyl (C=O) groups is 4. The first kappa shape index (κ1) is 60.9. The molecule has 6 rings (SSSR count). The van der Waals surface area contributed by atoms with Crippen molar-refractivity contribution < 1.29 is 68.8 Å². The maximum Gasteiger partial charge on any atom is 0.306 e. The van der Waals surface area contributed by atoms with Gasteiger partial charge in [-0.2, -0.15) is 0 Å². The number of phenolic OH excluding ortho intramolecular Hbond substituents is 6. The van der Waals surface area contributed by atoms with E-state index in [4.69, 9.17) is 18.9 Å². The van der Waals surface area contributed by atoms with Crippen LogP contribution in [0.15, 0.2) is 72.8 Å². The second kappa shape index (κ2) is 27.4. The molecule has 0 saturated carbocycles. The number of benzene rings is 6. The van der Waals surface area contributed by atoms with Gasteiger partial charge in [0.2, 0.25) is 0 Å². The van der Waals surface area contributed by atoms with Crippen molar-refractivity contribution in [2.45, 2.75) is 133 Å². The quantitative estimate of drug-likeness (QED) is 0.0238.